The van der Waals surface area contributed by atoms with Gasteiger partial charge in [0.25, 0.3) is 0 Å². The number of thiophene rings is 1. The molecule has 3 rings (SSSR count). The van der Waals surface area contributed by atoms with Gasteiger partial charge in [-0.3, -0.25) is 0 Å². The topological polar surface area (TPSA) is 76.3 Å². The van der Waals surface area contributed by atoms with Crippen LogP contribution in [0.5, 0.6) is 0 Å². The summed E-state index contributed by atoms with van der Waals surface area (Å²) in [6.07, 6.45) is 1.44. The highest BCUT2D eigenvalue weighted by molar-refractivity contribution is 9.10. The van der Waals surface area contributed by atoms with Gasteiger partial charge in [0.05, 0.1) is 11.8 Å². The molecule has 0 radical (unpaired) electrons. The van der Waals surface area contributed by atoms with Gasteiger partial charge in [0, 0.05) is 21.8 Å². The normalized spacial score (nSPS) is 15.3. The maximum absolute atomic E-state index is 12.5. The van der Waals surface area contributed by atoms with Crippen molar-refractivity contribution in [3.05, 3.63) is 20.8 Å². The van der Waals surface area contributed by atoms with Gasteiger partial charge in [0.1, 0.15) is 9.90 Å². The number of nitrogens with two attached hydrogens (primary N) is 1. The van der Waals surface area contributed by atoms with Crippen LogP contribution in [0.25, 0.3) is 0 Å². The Kier molecular flexibility index (Phi) is 4.02. The van der Waals surface area contributed by atoms with Crippen molar-refractivity contribution in [1.82, 2.24) is 4.37 Å². The molecular formula is C12H14BrN3O2S3. The van der Waals surface area contributed by atoms with Crippen molar-refractivity contribution in [3.63, 3.8) is 0 Å². The van der Waals surface area contributed by atoms with Crippen molar-refractivity contribution in [2.45, 2.75) is 29.5 Å². The molecule has 0 aromatic carbocycles. The Balaban J connectivity index is 1.92. The van der Waals surface area contributed by atoms with Crippen molar-refractivity contribution in [1.29, 1.82) is 0 Å². The lowest BCUT2D eigenvalue weighted by molar-refractivity contribution is 0.595. The van der Waals surface area contributed by atoms with E-state index in [1.54, 1.807) is 11.3 Å². The Morgan fingerprint density at radius 1 is 1.52 bits per heavy atom. The molecule has 2 heterocycles. The third kappa shape index (κ3) is 2.96. The van der Waals surface area contributed by atoms with Gasteiger partial charge in [-0.25, -0.2) is 8.42 Å². The Morgan fingerprint density at radius 2 is 2.24 bits per heavy atom. The number of halogens is 1. The van der Waals surface area contributed by atoms with Crippen LogP contribution in [0.1, 0.15) is 17.7 Å². The first-order valence-corrected chi connectivity index (χ1v) is 10.3. The minimum absolute atomic E-state index is 0.126. The Hall–Kier alpha value is -0.640. The Labute approximate surface area is 140 Å². The summed E-state index contributed by atoms with van der Waals surface area (Å²) in [5.74, 6) is 0.126. The van der Waals surface area contributed by atoms with Crippen LogP contribution in [0.3, 0.4) is 0 Å². The molecule has 0 amide bonds. The van der Waals surface area contributed by atoms with Crippen LogP contribution < -0.4 is 10.6 Å². The van der Waals surface area contributed by atoms with E-state index in [9.17, 15) is 8.42 Å². The summed E-state index contributed by atoms with van der Waals surface area (Å²) in [6.45, 7) is 0.630. The lowest BCUT2D eigenvalue weighted by Crippen LogP contribution is -2.19. The monoisotopic (exact) mass is 407 g/mol. The molecule has 0 saturated heterocycles. The van der Waals surface area contributed by atoms with Gasteiger partial charge in [-0.15, -0.1) is 11.3 Å². The average molecular weight is 408 g/mol. The standard InChI is InChI=1S/C12H14BrN3O2S3/c1-16(5-8-4-7(13)6-19-8)12-10(11(14)15-20-12)21(17,18)9-2-3-9/h4,6,9H,2-3,5H2,1H3,(H2,14,15). The highest BCUT2D eigenvalue weighted by Gasteiger charge is 2.41. The first-order chi connectivity index (χ1) is 9.89. The fourth-order valence-corrected chi connectivity index (χ4v) is 6.60. The van der Waals surface area contributed by atoms with E-state index in [1.807, 2.05) is 23.4 Å². The lowest BCUT2D eigenvalue weighted by atomic mass is 10.4. The minimum Gasteiger partial charge on any atom is -0.382 e. The fraction of sp³-hybridized carbons (Fsp3) is 0.417. The molecule has 114 valence electrons. The second-order valence-electron chi connectivity index (χ2n) is 5.03. The van der Waals surface area contributed by atoms with Crippen LogP contribution in [0.2, 0.25) is 0 Å². The summed E-state index contributed by atoms with van der Waals surface area (Å²) in [7, 11) is -1.47. The first-order valence-electron chi connectivity index (χ1n) is 6.32. The van der Waals surface area contributed by atoms with Gasteiger partial charge in [0.2, 0.25) is 0 Å². The second-order valence-corrected chi connectivity index (χ2v) is 9.86. The summed E-state index contributed by atoms with van der Waals surface area (Å²) in [4.78, 5) is 3.26. The number of nitrogens with zero attached hydrogens (tertiary/aromatic N) is 2. The van der Waals surface area contributed by atoms with E-state index in [1.165, 1.54) is 0 Å². The van der Waals surface area contributed by atoms with Crippen LogP contribution in [0.4, 0.5) is 10.8 Å². The van der Waals surface area contributed by atoms with Crippen LogP contribution in [-0.4, -0.2) is 25.1 Å². The van der Waals surface area contributed by atoms with Gasteiger partial charge in [-0.1, -0.05) is 0 Å². The molecule has 0 bridgehead atoms. The fourth-order valence-electron chi connectivity index (χ4n) is 2.08. The molecule has 21 heavy (non-hydrogen) atoms. The lowest BCUT2D eigenvalue weighted by Gasteiger charge is -2.17. The van der Waals surface area contributed by atoms with E-state index in [0.717, 1.165) is 33.7 Å². The molecule has 5 nitrogen and oxygen atoms in total. The third-order valence-electron chi connectivity index (χ3n) is 3.27. The van der Waals surface area contributed by atoms with Crippen molar-refractivity contribution < 1.29 is 8.42 Å². The largest absolute Gasteiger partial charge is 0.382 e. The van der Waals surface area contributed by atoms with Gasteiger partial charge < -0.3 is 10.6 Å². The predicted octanol–water partition coefficient (Wildman–Crippen LogP) is 3.12. The summed E-state index contributed by atoms with van der Waals surface area (Å²) >= 11 is 6.20. The van der Waals surface area contributed by atoms with Gasteiger partial charge in [-0.05, 0) is 46.4 Å². The van der Waals surface area contributed by atoms with E-state index < -0.39 is 9.84 Å². The number of sulfone groups is 1. The zero-order valence-electron chi connectivity index (χ0n) is 11.2. The summed E-state index contributed by atoms with van der Waals surface area (Å²) in [6, 6.07) is 2.03. The molecule has 0 spiro atoms. The van der Waals surface area contributed by atoms with E-state index >= 15 is 0 Å². The molecule has 0 atom stereocenters. The SMILES string of the molecule is CN(Cc1cc(Br)cs1)c1snc(N)c1S(=O)(=O)C1CC1. The van der Waals surface area contributed by atoms with Crippen molar-refractivity contribution in [2.75, 3.05) is 17.7 Å². The zero-order valence-corrected chi connectivity index (χ0v) is 15.3. The van der Waals surface area contributed by atoms with E-state index in [2.05, 4.69) is 20.3 Å². The average Bonchev–Trinajstić information content (AvgIpc) is 3.09. The van der Waals surface area contributed by atoms with Gasteiger partial charge in [-0.2, -0.15) is 4.37 Å². The molecule has 9 heteroatoms. The van der Waals surface area contributed by atoms with Crippen LogP contribution in [0.15, 0.2) is 20.8 Å². The number of nitrogen functional groups attached to an aromatic ring is 1. The predicted molar refractivity (Wildman–Crippen MR) is 90.9 cm³/mol. The first kappa shape index (κ1) is 15.3. The molecule has 1 aliphatic rings. The van der Waals surface area contributed by atoms with E-state index in [0.29, 0.717) is 11.5 Å². The van der Waals surface area contributed by atoms with E-state index in [4.69, 9.17) is 5.73 Å². The second kappa shape index (κ2) is 5.53. The van der Waals surface area contributed by atoms with Crippen molar-refractivity contribution in [2.24, 2.45) is 0 Å². The number of rotatable bonds is 5. The Morgan fingerprint density at radius 3 is 2.81 bits per heavy atom. The zero-order chi connectivity index (χ0) is 15.2. The number of hydrogen-bond acceptors (Lipinski definition) is 7. The van der Waals surface area contributed by atoms with E-state index in [-0.39, 0.29) is 16.0 Å². The molecule has 2 N–H and O–H groups in total. The van der Waals surface area contributed by atoms with Crippen molar-refractivity contribution in [3.8, 4) is 0 Å². The van der Waals surface area contributed by atoms with Crippen LogP contribution >= 0.6 is 38.8 Å². The van der Waals surface area contributed by atoms with Gasteiger partial charge >= 0.3 is 0 Å². The molecule has 1 saturated carbocycles. The summed E-state index contributed by atoms with van der Waals surface area (Å²) in [5.41, 5.74) is 5.82. The van der Waals surface area contributed by atoms with Crippen LogP contribution in [-0.2, 0) is 16.4 Å². The quantitative estimate of drug-likeness (QED) is 0.823. The molecule has 0 aliphatic heterocycles. The smallest absolute Gasteiger partial charge is 0.187 e. The summed E-state index contributed by atoms with van der Waals surface area (Å²) < 4.78 is 30.1. The molecular weight excluding hydrogens is 394 g/mol. The Bertz CT molecular complexity index is 765. The summed E-state index contributed by atoms with van der Waals surface area (Å²) in [5, 5.41) is 2.36. The highest BCUT2D eigenvalue weighted by atomic mass is 79.9. The molecule has 1 fully saturated rings. The van der Waals surface area contributed by atoms with Crippen LogP contribution in [0, 0.1) is 0 Å². The van der Waals surface area contributed by atoms with Gasteiger partial charge in [0.15, 0.2) is 15.7 Å². The highest BCUT2D eigenvalue weighted by Crippen LogP contribution is 2.42. The van der Waals surface area contributed by atoms with Crippen molar-refractivity contribution >= 4 is 59.5 Å². The maximum Gasteiger partial charge on any atom is 0.187 e. The molecule has 2 aromatic heterocycles. The number of anilines is 2. The third-order valence-corrected chi connectivity index (χ3v) is 8.38. The number of hydrogen-bond donors (Lipinski definition) is 1. The minimum atomic E-state index is -3.34. The molecule has 0 unspecified atom stereocenters. The molecule has 1 aliphatic carbocycles. The maximum atomic E-state index is 12.5. The molecule has 2 aromatic rings. The number of aromatic nitrogens is 1.